The second-order valence-electron chi connectivity index (χ2n) is 10.1. The van der Waals surface area contributed by atoms with Crippen molar-refractivity contribution in [3.05, 3.63) is 102 Å². The number of guanidine groups is 2. The lowest BCUT2D eigenvalue weighted by atomic mass is 10.3. The zero-order valence-electron chi connectivity index (χ0n) is 24.7. The molecule has 0 aliphatic rings. The molecule has 230 valence electrons. The topological polar surface area (TPSA) is 203 Å². The van der Waals surface area contributed by atoms with E-state index >= 15 is 0 Å². The average Bonchev–Trinajstić information content (AvgIpc) is 3.88. The van der Waals surface area contributed by atoms with Crippen LogP contribution in [-0.4, -0.2) is 73.0 Å². The van der Waals surface area contributed by atoms with Crippen LogP contribution >= 0.6 is 0 Å². The summed E-state index contributed by atoms with van der Waals surface area (Å²) in [5.74, 6) is 1.47. The minimum Gasteiger partial charge on any atom is -0.356 e. The van der Waals surface area contributed by atoms with E-state index < -0.39 is 0 Å². The van der Waals surface area contributed by atoms with Crippen molar-refractivity contribution in [1.82, 2.24) is 56.2 Å². The van der Waals surface area contributed by atoms with Gasteiger partial charge >= 0.3 is 0 Å². The fourth-order valence-electron chi connectivity index (χ4n) is 4.40. The minimum absolute atomic E-state index is 0.435. The van der Waals surface area contributed by atoms with Crippen LogP contribution in [-0.2, 0) is 38.8 Å². The second-order valence-corrected chi connectivity index (χ2v) is 10.1. The van der Waals surface area contributed by atoms with Crippen LogP contribution in [0.4, 0.5) is 0 Å². The molecule has 5 aromatic heterocycles. The Hall–Kier alpha value is -5.47. The molecule has 0 fully saturated rings. The summed E-state index contributed by atoms with van der Waals surface area (Å²) in [6.45, 7) is 3.78. The maximum Gasteiger partial charge on any atom is 0.239 e. The van der Waals surface area contributed by atoms with Crippen molar-refractivity contribution in [2.45, 2.75) is 38.8 Å². The summed E-state index contributed by atoms with van der Waals surface area (Å²) in [6, 6.07) is 5.98. The molecule has 0 aromatic carbocycles. The third-order valence-corrected chi connectivity index (χ3v) is 6.72. The second kappa shape index (κ2) is 16.8. The first-order chi connectivity index (χ1) is 21.8. The summed E-state index contributed by atoms with van der Waals surface area (Å²) in [4.78, 5) is 41.4. The van der Waals surface area contributed by atoms with Crippen LogP contribution in [0.25, 0.3) is 0 Å². The molecule has 5 rings (SSSR count). The van der Waals surface area contributed by atoms with E-state index in [0.717, 1.165) is 84.9 Å². The largest absolute Gasteiger partial charge is 0.356 e. The molecule has 0 saturated heterocycles. The summed E-state index contributed by atoms with van der Waals surface area (Å²) in [5, 5.41) is 13.7. The Bertz CT molecular complexity index is 1310. The van der Waals surface area contributed by atoms with Gasteiger partial charge in [0.2, 0.25) is 12.7 Å². The molecule has 0 unspecified atom stereocenters. The maximum atomic E-state index is 4.83. The molecule has 0 spiro atoms. The predicted octanol–water partition coefficient (Wildman–Crippen LogP) is -0.147. The maximum absolute atomic E-state index is 4.83. The summed E-state index contributed by atoms with van der Waals surface area (Å²) in [6.07, 6.45) is 17.9. The monoisotopic (exact) mass is 599 g/mol. The van der Waals surface area contributed by atoms with Crippen molar-refractivity contribution >= 4 is 11.9 Å². The van der Waals surface area contributed by atoms with E-state index in [1.165, 1.54) is 0 Å². The first-order valence-corrected chi connectivity index (χ1v) is 14.8. The number of nitrogens with zero attached hydrogens (tertiary/aromatic N) is 5. The van der Waals surface area contributed by atoms with Crippen LogP contribution < -0.4 is 31.2 Å². The SMILES string of the molecule is c1cc(CN=C(NCCc2cnc[nH]2)NCCc2cnc[nH]2)nc(CN=C(NCCc2c[nH+]c[nH]2)NCCc2c[nH+]c[nH]2)c1. The van der Waals surface area contributed by atoms with Crippen molar-refractivity contribution in [2.24, 2.45) is 9.98 Å². The number of aliphatic imine (C=N–C) groups is 2. The molecule has 15 nitrogen and oxygen atoms in total. The Morgan fingerprint density at radius 3 is 1.45 bits per heavy atom. The van der Waals surface area contributed by atoms with Crippen molar-refractivity contribution in [3.8, 4) is 0 Å². The molecule has 0 aliphatic carbocycles. The third-order valence-electron chi connectivity index (χ3n) is 6.72. The quantitative estimate of drug-likeness (QED) is 0.0569. The lowest BCUT2D eigenvalue weighted by molar-refractivity contribution is -0.376. The number of aromatic nitrogens is 9. The van der Waals surface area contributed by atoms with Crippen molar-refractivity contribution in [3.63, 3.8) is 0 Å². The molecule has 0 amide bonds. The van der Waals surface area contributed by atoms with Gasteiger partial charge < -0.3 is 31.2 Å². The molecular formula is C29H41N15+2. The highest BCUT2D eigenvalue weighted by Crippen LogP contribution is 2.03. The van der Waals surface area contributed by atoms with Crippen LogP contribution in [0.3, 0.4) is 0 Å². The van der Waals surface area contributed by atoms with E-state index in [0.29, 0.717) is 26.2 Å². The molecule has 5 heterocycles. The average molecular weight is 600 g/mol. The first-order valence-electron chi connectivity index (χ1n) is 14.8. The third kappa shape index (κ3) is 10.4. The van der Waals surface area contributed by atoms with E-state index in [2.05, 4.69) is 61.1 Å². The molecule has 0 bridgehead atoms. The number of H-pyrrole nitrogens is 6. The van der Waals surface area contributed by atoms with Gasteiger partial charge in [0.05, 0.1) is 37.1 Å². The number of hydrogen-bond donors (Lipinski definition) is 8. The highest BCUT2D eigenvalue weighted by atomic mass is 15.2. The fourth-order valence-corrected chi connectivity index (χ4v) is 4.40. The number of pyridine rings is 1. The molecule has 44 heavy (non-hydrogen) atoms. The minimum atomic E-state index is 0.435. The van der Waals surface area contributed by atoms with Gasteiger partial charge in [-0.2, -0.15) is 0 Å². The summed E-state index contributed by atoms with van der Waals surface area (Å²) in [7, 11) is 0. The molecule has 0 aliphatic heterocycles. The molecule has 15 heteroatoms. The lowest BCUT2D eigenvalue weighted by Gasteiger charge is -2.12. The Kier molecular flexibility index (Phi) is 11.5. The van der Waals surface area contributed by atoms with Crippen LogP contribution in [0.5, 0.6) is 0 Å². The number of rotatable bonds is 16. The van der Waals surface area contributed by atoms with Gasteiger partial charge in [0, 0.05) is 75.6 Å². The Morgan fingerprint density at radius 2 is 1.07 bits per heavy atom. The normalized spacial score (nSPS) is 10.7. The van der Waals surface area contributed by atoms with Gasteiger partial charge in [-0.3, -0.25) is 15.0 Å². The van der Waals surface area contributed by atoms with Gasteiger partial charge in [-0.15, -0.1) is 0 Å². The van der Waals surface area contributed by atoms with Gasteiger partial charge in [-0.05, 0) is 12.1 Å². The first kappa shape index (κ1) is 30.0. The van der Waals surface area contributed by atoms with Gasteiger partial charge in [0.1, 0.15) is 23.8 Å². The molecule has 5 aromatic rings. The molecular weight excluding hydrogens is 558 g/mol. The summed E-state index contributed by atoms with van der Waals surface area (Å²) < 4.78 is 0. The van der Waals surface area contributed by atoms with Crippen LogP contribution in [0.2, 0.25) is 0 Å². The highest BCUT2D eigenvalue weighted by Gasteiger charge is 2.06. The highest BCUT2D eigenvalue weighted by molar-refractivity contribution is 5.80. The van der Waals surface area contributed by atoms with Crippen LogP contribution in [0, 0.1) is 0 Å². The Morgan fingerprint density at radius 1 is 0.614 bits per heavy atom. The molecule has 10 N–H and O–H groups in total. The van der Waals surface area contributed by atoms with Gasteiger partial charge in [0.15, 0.2) is 11.9 Å². The van der Waals surface area contributed by atoms with E-state index in [1.54, 1.807) is 12.7 Å². The van der Waals surface area contributed by atoms with Crippen molar-refractivity contribution in [2.75, 3.05) is 26.2 Å². The van der Waals surface area contributed by atoms with E-state index in [-0.39, 0.29) is 0 Å². The fraction of sp³-hybridized carbons (Fsp3) is 0.345. The van der Waals surface area contributed by atoms with Gasteiger partial charge in [-0.1, -0.05) is 6.07 Å². The van der Waals surface area contributed by atoms with Crippen molar-refractivity contribution in [1.29, 1.82) is 0 Å². The van der Waals surface area contributed by atoms with E-state index in [9.17, 15) is 0 Å². The Labute approximate surface area is 255 Å². The van der Waals surface area contributed by atoms with Crippen LogP contribution in [0.1, 0.15) is 34.2 Å². The standard InChI is InChI=1S/C29H39N15/c1-2-26(16-38-28(34-8-4-22-12-30-18-40-22)35-9-5-23-13-31-19-41-23)44-27(3-1)17-39-29(36-10-6-24-14-32-20-42-24)37-11-7-25-15-33-21-43-25/h1-3,12-15,18-21H,4-11,16-17H2,(H,30,40)(H,31,41)(H,32,42)(H,33,43)(H2,34,35,38)(H2,36,37,39)/p+2. The van der Waals surface area contributed by atoms with Crippen molar-refractivity contribution < 1.29 is 9.97 Å². The number of hydrogen-bond acceptors (Lipinski definition) is 5. The molecule has 0 saturated carbocycles. The van der Waals surface area contributed by atoms with Crippen LogP contribution in [0.15, 0.2) is 78.3 Å². The Balaban J connectivity index is 1.17. The number of aromatic amines is 6. The molecule has 0 radical (unpaired) electrons. The summed E-state index contributed by atoms with van der Waals surface area (Å²) in [5.41, 5.74) is 6.13. The number of nitrogens with one attached hydrogen (secondary N) is 10. The zero-order valence-corrected chi connectivity index (χ0v) is 24.7. The summed E-state index contributed by atoms with van der Waals surface area (Å²) >= 11 is 0. The number of imidazole rings is 4. The zero-order chi connectivity index (χ0) is 30.1. The molecule has 0 atom stereocenters. The van der Waals surface area contributed by atoms with E-state index in [1.807, 2.05) is 55.6 Å². The van der Waals surface area contributed by atoms with E-state index in [4.69, 9.17) is 15.0 Å². The smallest absolute Gasteiger partial charge is 0.239 e. The predicted molar refractivity (Wildman–Crippen MR) is 165 cm³/mol. The van der Waals surface area contributed by atoms with Gasteiger partial charge in [0.25, 0.3) is 0 Å². The van der Waals surface area contributed by atoms with Gasteiger partial charge in [-0.25, -0.2) is 29.9 Å². The lowest BCUT2D eigenvalue weighted by Crippen LogP contribution is -2.39.